The van der Waals surface area contributed by atoms with Crippen LogP contribution in [-0.4, -0.2) is 54.2 Å². The van der Waals surface area contributed by atoms with E-state index in [9.17, 15) is 9.46 Å². The first-order valence-corrected chi connectivity index (χ1v) is 15.9. The Morgan fingerprint density at radius 1 is 0.784 bits per heavy atom. The number of hydrogen-bond acceptors (Lipinski definition) is 9. The number of rotatable bonds is 26. The number of unbranched alkanes of at least 4 members (excludes halogenated alkanes) is 13. The van der Waals surface area contributed by atoms with Gasteiger partial charge in [-0.3, -0.25) is 4.57 Å². The number of ether oxygens (including phenoxy) is 2. The van der Waals surface area contributed by atoms with Crippen LogP contribution >= 0.6 is 7.60 Å². The molecule has 37 heavy (non-hydrogen) atoms. The third-order valence-electron chi connectivity index (χ3n) is 5.94. The normalized spacial score (nSPS) is 13.0. The van der Waals surface area contributed by atoms with Crippen molar-refractivity contribution in [3.63, 3.8) is 0 Å². The molecular formula is C26H52N5O5P. The van der Waals surface area contributed by atoms with E-state index in [1.165, 1.54) is 89.5 Å². The number of nitrogens with zero attached hydrogens (tertiary/aromatic N) is 2. The molecule has 0 saturated heterocycles. The van der Waals surface area contributed by atoms with Gasteiger partial charge in [0.05, 0.1) is 13.2 Å². The van der Waals surface area contributed by atoms with Gasteiger partial charge in [-0.1, -0.05) is 90.4 Å². The van der Waals surface area contributed by atoms with E-state index < -0.39 is 7.60 Å². The maximum Gasteiger partial charge on any atom is 0.353 e. The van der Waals surface area contributed by atoms with Crippen LogP contribution in [0, 0.1) is 0 Å². The molecule has 0 saturated carbocycles. The number of anilines is 3. The van der Waals surface area contributed by atoms with Gasteiger partial charge in [-0.25, -0.2) is 0 Å². The molecule has 11 heteroatoms. The molecule has 0 spiro atoms. The molecule has 0 aliphatic carbocycles. The van der Waals surface area contributed by atoms with Crippen LogP contribution in [0.1, 0.15) is 103 Å². The lowest BCUT2D eigenvalue weighted by atomic mass is 10.0. The van der Waals surface area contributed by atoms with Gasteiger partial charge in [0.25, 0.3) is 0 Å². The monoisotopic (exact) mass is 545 g/mol. The quantitative estimate of drug-likeness (QED) is 0.0790. The maximum atomic E-state index is 12.0. The molecule has 1 heterocycles. The van der Waals surface area contributed by atoms with Crippen LogP contribution in [-0.2, 0) is 18.6 Å². The highest BCUT2D eigenvalue weighted by Gasteiger charge is 2.19. The van der Waals surface area contributed by atoms with E-state index >= 15 is 0 Å². The fraction of sp³-hybridized carbons (Fsp3) is 0.846. The predicted octanol–water partition coefficient (Wildman–Crippen LogP) is 6.12. The highest BCUT2D eigenvalue weighted by atomic mass is 31.2. The summed E-state index contributed by atoms with van der Waals surface area (Å²) >= 11 is 0. The lowest BCUT2D eigenvalue weighted by Crippen LogP contribution is -2.13. The van der Waals surface area contributed by atoms with E-state index in [2.05, 4.69) is 22.2 Å². The molecule has 6 N–H and O–H groups in total. The molecule has 0 radical (unpaired) electrons. The summed E-state index contributed by atoms with van der Waals surface area (Å²) in [6, 6.07) is 1.54. The highest BCUT2D eigenvalue weighted by Crippen LogP contribution is 2.41. The van der Waals surface area contributed by atoms with Crippen molar-refractivity contribution in [1.82, 2.24) is 9.97 Å². The Kier molecular flexibility index (Phi) is 20.4. The van der Waals surface area contributed by atoms with Crippen LogP contribution in [0.25, 0.3) is 0 Å². The van der Waals surface area contributed by atoms with Crippen molar-refractivity contribution in [1.29, 1.82) is 0 Å². The zero-order valence-corrected chi connectivity index (χ0v) is 23.9. The molecule has 1 rings (SSSR count). The topological polar surface area (TPSA) is 155 Å². The van der Waals surface area contributed by atoms with Crippen LogP contribution in [0.4, 0.5) is 17.6 Å². The Morgan fingerprint density at radius 2 is 1.35 bits per heavy atom. The van der Waals surface area contributed by atoms with Crippen molar-refractivity contribution >= 4 is 25.2 Å². The van der Waals surface area contributed by atoms with Crippen LogP contribution in [0.15, 0.2) is 6.07 Å². The summed E-state index contributed by atoms with van der Waals surface area (Å²) < 4.78 is 27.9. The minimum Gasteiger partial charge on any atom is -0.383 e. The minimum absolute atomic E-state index is 0.0697. The van der Waals surface area contributed by atoms with E-state index in [1.54, 1.807) is 0 Å². The lowest BCUT2D eigenvalue weighted by Gasteiger charge is -2.13. The maximum absolute atomic E-state index is 12.0. The van der Waals surface area contributed by atoms with E-state index in [0.717, 1.165) is 13.0 Å². The van der Waals surface area contributed by atoms with Gasteiger partial charge in [0.15, 0.2) is 0 Å². The Morgan fingerprint density at radius 3 is 1.95 bits per heavy atom. The summed E-state index contributed by atoms with van der Waals surface area (Å²) in [6.45, 7) is 4.24. The molecule has 0 amide bonds. The molecule has 0 fully saturated rings. The molecule has 0 aliphatic heterocycles. The van der Waals surface area contributed by atoms with Crippen LogP contribution in [0.2, 0.25) is 0 Å². The zero-order valence-electron chi connectivity index (χ0n) is 23.0. The first-order valence-electron chi connectivity index (χ1n) is 14.2. The van der Waals surface area contributed by atoms with Gasteiger partial charge in [-0.2, -0.15) is 9.97 Å². The van der Waals surface area contributed by atoms with Gasteiger partial charge in [-0.05, 0) is 12.8 Å². The van der Waals surface area contributed by atoms with Crippen molar-refractivity contribution in [2.75, 3.05) is 56.1 Å². The van der Waals surface area contributed by atoms with E-state index in [4.69, 9.17) is 25.5 Å². The minimum atomic E-state index is -3.78. The molecular weight excluding hydrogens is 493 g/mol. The Labute approximate surface area is 224 Å². The van der Waals surface area contributed by atoms with Gasteiger partial charge in [-0.15, -0.1) is 0 Å². The van der Waals surface area contributed by atoms with Crippen molar-refractivity contribution in [3.05, 3.63) is 6.07 Å². The summed E-state index contributed by atoms with van der Waals surface area (Å²) in [5.41, 5.74) is 11.1. The second kappa shape index (κ2) is 22.5. The number of hydrogen-bond donors (Lipinski definition) is 4. The third-order valence-corrected chi connectivity index (χ3v) is 7.03. The fourth-order valence-electron chi connectivity index (χ4n) is 3.91. The molecule has 0 bridgehead atoms. The summed E-state index contributed by atoms with van der Waals surface area (Å²) in [5, 5.41) is 2.95. The molecule has 1 aromatic heterocycles. The van der Waals surface area contributed by atoms with Gasteiger partial charge in [0, 0.05) is 25.8 Å². The first kappa shape index (κ1) is 33.6. The van der Waals surface area contributed by atoms with Gasteiger partial charge in [0.2, 0.25) is 5.95 Å². The summed E-state index contributed by atoms with van der Waals surface area (Å²) in [4.78, 5) is 17.6. The van der Waals surface area contributed by atoms with E-state index in [1.807, 2.05) is 0 Å². The Hall–Kier alpha value is -1.45. The van der Waals surface area contributed by atoms with Crippen LogP contribution in [0.5, 0.6) is 0 Å². The van der Waals surface area contributed by atoms with Crippen molar-refractivity contribution in [2.24, 2.45) is 0 Å². The average molecular weight is 546 g/mol. The number of aromatic nitrogens is 2. The second-order valence-electron chi connectivity index (χ2n) is 9.53. The summed E-state index contributed by atoms with van der Waals surface area (Å²) in [7, 11) is -3.78. The third kappa shape index (κ3) is 21.2. The number of nitrogens with one attached hydrogen (secondary N) is 1. The van der Waals surface area contributed by atoms with Gasteiger partial charge < -0.3 is 35.7 Å². The first-order chi connectivity index (χ1) is 17.9. The molecule has 1 unspecified atom stereocenters. The van der Waals surface area contributed by atoms with Crippen LogP contribution in [0.3, 0.4) is 0 Å². The highest BCUT2D eigenvalue weighted by molar-refractivity contribution is 7.52. The average Bonchev–Trinajstić information content (AvgIpc) is 2.84. The molecule has 1 aromatic rings. The summed E-state index contributed by atoms with van der Waals surface area (Å²) in [5.74, 6) is 0.791. The second-order valence-corrected chi connectivity index (χ2v) is 11.3. The fourth-order valence-corrected chi connectivity index (χ4v) is 4.76. The van der Waals surface area contributed by atoms with Crippen molar-refractivity contribution in [3.8, 4) is 0 Å². The lowest BCUT2D eigenvalue weighted by molar-refractivity contribution is 0.108. The van der Waals surface area contributed by atoms with Crippen molar-refractivity contribution < 1.29 is 23.5 Å². The molecule has 0 aliphatic rings. The molecule has 10 nitrogen and oxygen atoms in total. The van der Waals surface area contributed by atoms with E-state index in [0.29, 0.717) is 25.4 Å². The smallest absolute Gasteiger partial charge is 0.353 e. The van der Waals surface area contributed by atoms with E-state index in [-0.39, 0.29) is 31.3 Å². The molecule has 0 aromatic carbocycles. The number of nitrogens with two attached hydrogens (primary N) is 2. The zero-order chi connectivity index (χ0) is 27.0. The number of nitrogen functional groups attached to an aromatic ring is 2. The van der Waals surface area contributed by atoms with Gasteiger partial charge >= 0.3 is 7.60 Å². The largest absolute Gasteiger partial charge is 0.383 e. The standard InChI is InChI=1S/C26H52N5O5P/c1-2-3-4-5-6-7-8-9-10-11-12-13-14-15-18-34-19-16-20-36-37(32,33)23-35-21-17-29-25-22-24(27)30-26(28)31-25/h22H,2-21,23H2,1H3,(H,32,33)(H5,27,28,29,30,31). The Balaban J connectivity index is 1.83. The predicted molar refractivity (Wildman–Crippen MR) is 152 cm³/mol. The molecule has 216 valence electrons. The molecule has 1 atom stereocenters. The summed E-state index contributed by atoms with van der Waals surface area (Å²) in [6.07, 6.45) is 18.9. The Bertz CT molecular complexity index is 708. The SMILES string of the molecule is CCCCCCCCCCCCCCCCOCCCOP(=O)(O)COCCNc1cc(N)nc(N)n1. The van der Waals surface area contributed by atoms with Gasteiger partial charge in [0.1, 0.15) is 18.0 Å². The van der Waals surface area contributed by atoms with Crippen LogP contribution < -0.4 is 16.8 Å². The van der Waals surface area contributed by atoms with Crippen molar-refractivity contribution in [2.45, 2.75) is 103 Å².